The van der Waals surface area contributed by atoms with E-state index in [1.54, 1.807) is 41.8 Å². The number of benzene rings is 3. The number of fused-ring (bicyclic) bond motifs is 2. The zero-order valence-electron chi connectivity index (χ0n) is 34.3. The van der Waals surface area contributed by atoms with E-state index in [9.17, 15) is 19.4 Å². The maximum absolute atomic E-state index is 14.3. The molecule has 318 valence electrons. The first-order valence-electron chi connectivity index (χ1n) is 21.1. The van der Waals surface area contributed by atoms with Crippen molar-refractivity contribution in [3.05, 3.63) is 114 Å². The average Bonchev–Trinajstić information content (AvgIpc) is 3.25. The number of carbonyl (C=O) groups excluding carboxylic acids is 1. The van der Waals surface area contributed by atoms with Gasteiger partial charge in [0, 0.05) is 48.3 Å². The van der Waals surface area contributed by atoms with Crippen molar-refractivity contribution in [3.8, 4) is 11.5 Å². The lowest BCUT2D eigenvalue weighted by Crippen LogP contribution is -2.70. The summed E-state index contributed by atoms with van der Waals surface area (Å²) in [6, 6.07) is 21.5. The minimum atomic E-state index is -1.45. The number of thioether (sulfide) groups is 1. The van der Waals surface area contributed by atoms with E-state index in [1.807, 2.05) is 37.3 Å². The van der Waals surface area contributed by atoms with Crippen LogP contribution in [-0.4, -0.2) is 84.1 Å². The second kappa shape index (κ2) is 21.8. The maximum atomic E-state index is 14.3. The second-order valence-corrected chi connectivity index (χ2v) is 16.3. The highest BCUT2D eigenvalue weighted by Gasteiger charge is 2.65. The van der Waals surface area contributed by atoms with Crippen LogP contribution in [0.5, 0.6) is 11.5 Å². The molecule has 2 N–H and O–H groups in total. The predicted molar refractivity (Wildman–Crippen MR) is 228 cm³/mol. The summed E-state index contributed by atoms with van der Waals surface area (Å²) < 4.78 is 40.6. The van der Waals surface area contributed by atoms with Crippen LogP contribution in [0, 0.1) is 23.6 Å². The summed E-state index contributed by atoms with van der Waals surface area (Å²) in [5, 5.41) is 24.5. The number of hydrogen-bond acceptors (Lipinski definition) is 10. The van der Waals surface area contributed by atoms with E-state index in [2.05, 4.69) is 30.9 Å². The molecule has 6 rings (SSSR count). The summed E-state index contributed by atoms with van der Waals surface area (Å²) >= 11 is 1.74. The van der Waals surface area contributed by atoms with Gasteiger partial charge in [-0.15, -0.1) is 18.3 Å². The molecule has 12 heteroatoms. The monoisotopic (exact) mass is 830 g/mol. The lowest BCUT2D eigenvalue weighted by Gasteiger charge is -2.59. The van der Waals surface area contributed by atoms with Gasteiger partial charge in [-0.1, -0.05) is 60.5 Å². The first kappa shape index (κ1) is 44.2. The topological polar surface area (TPSA) is 119 Å². The number of ether oxygens (including phenoxy) is 4. The molecule has 3 aromatic rings. The van der Waals surface area contributed by atoms with Crippen molar-refractivity contribution in [2.24, 2.45) is 22.9 Å². The maximum Gasteiger partial charge on any atom is 0.410 e. The molecule has 0 saturated heterocycles. The van der Waals surface area contributed by atoms with Gasteiger partial charge in [-0.2, -0.15) is 0 Å². The number of amides is 1. The van der Waals surface area contributed by atoms with E-state index >= 15 is 0 Å². The summed E-state index contributed by atoms with van der Waals surface area (Å²) in [6.07, 6.45) is 8.28. The SMILES string of the molecule is C=CCOC12Oc3ccc(OCCSc4ccccc4)cc3C3C(CCCCO)C(CCCCO)C=C(C(=NOCC)CC1N(Cc1ccc(F)cc1)C(=O)OCC)C32. The van der Waals surface area contributed by atoms with Crippen LogP contribution in [0.25, 0.3) is 0 Å². The Morgan fingerprint density at radius 1 is 1.02 bits per heavy atom. The third-order valence-electron chi connectivity index (χ3n) is 11.5. The fraction of sp³-hybridized carbons (Fsp3) is 0.489. The first-order valence-corrected chi connectivity index (χ1v) is 22.0. The molecule has 2 aliphatic carbocycles. The molecule has 10 nitrogen and oxygen atoms in total. The smallest absolute Gasteiger partial charge is 0.410 e. The van der Waals surface area contributed by atoms with E-state index in [1.165, 1.54) is 17.0 Å². The molecule has 1 saturated carbocycles. The highest BCUT2D eigenvalue weighted by atomic mass is 32.2. The Bertz CT molecular complexity index is 1880. The molecule has 3 aromatic carbocycles. The van der Waals surface area contributed by atoms with Gasteiger partial charge in [0.1, 0.15) is 30.0 Å². The van der Waals surface area contributed by atoms with Crippen LogP contribution >= 0.6 is 11.8 Å². The summed E-state index contributed by atoms with van der Waals surface area (Å²) in [5.41, 5.74) is 3.32. The van der Waals surface area contributed by atoms with Gasteiger partial charge in [-0.05, 0) is 105 Å². The van der Waals surface area contributed by atoms with E-state index in [0.717, 1.165) is 48.3 Å². The zero-order chi connectivity index (χ0) is 41.6. The normalized spacial score (nSPS) is 23.6. The average molecular weight is 831 g/mol. The molecule has 6 atom stereocenters. The highest BCUT2D eigenvalue weighted by molar-refractivity contribution is 7.99. The minimum Gasteiger partial charge on any atom is -0.493 e. The summed E-state index contributed by atoms with van der Waals surface area (Å²) in [6.45, 7) is 9.06. The molecule has 0 bridgehead atoms. The van der Waals surface area contributed by atoms with Gasteiger partial charge in [-0.25, -0.2) is 9.18 Å². The third kappa shape index (κ3) is 10.5. The molecule has 1 fully saturated rings. The van der Waals surface area contributed by atoms with Crippen LogP contribution < -0.4 is 9.47 Å². The van der Waals surface area contributed by atoms with Crippen molar-refractivity contribution in [2.75, 3.05) is 45.4 Å². The fourth-order valence-corrected chi connectivity index (χ4v) is 9.76. The number of unbranched alkanes of at least 4 members (excludes halogenated alkanes) is 2. The molecule has 0 spiro atoms. The quantitative estimate of drug-likeness (QED) is 0.0442. The largest absolute Gasteiger partial charge is 0.493 e. The molecule has 0 aromatic heterocycles. The van der Waals surface area contributed by atoms with E-state index in [-0.39, 0.29) is 63.0 Å². The molecule has 1 heterocycles. The Morgan fingerprint density at radius 2 is 1.78 bits per heavy atom. The number of rotatable bonds is 22. The van der Waals surface area contributed by atoms with Gasteiger partial charge in [0.25, 0.3) is 0 Å². The van der Waals surface area contributed by atoms with Gasteiger partial charge in [0.2, 0.25) is 5.79 Å². The highest BCUT2D eigenvalue weighted by Crippen LogP contribution is 2.62. The number of carbonyl (C=O) groups is 1. The van der Waals surface area contributed by atoms with Crippen LogP contribution in [-0.2, 0) is 20.9 Å². The van der Waals surface area contributed by atoms with Crippen molar-refractivity contribution in [3.63, 3.8) is 0 Å². The number of halogens is 1. The van der Waals surface area contributed by atoms with Crippen LogP contribution in [0.2, 0.25) is 0 Å². The number of hydrogen-bond donors (Lipinski definition) is 2. The summed E-state index contributed by atoms with van der Waals surface area (Å²) in [7, 11) is 0. The standard InChI is InChI=1S/C47H59FN2O8S/c1-4-26-56-47-43(50(46(53)54-5-2)32-33-18-20-35(48)21-19-33)31-41(49-57-6-3)39-29-34(14-10-12-24-51)38(17-11-13-25-52)44(45(39)47)40-30-36(22-23-42(40)58-47)55-27-28-59-37-15-8-7-9-16-37/h4,7-9,15-16,18-23,29-30,34,38,43-45,51-52H,1,5-6,10-14,17,24-28,31-32H2,2-3H3. The molecule has 3 aliphatic rings. The number of oxime groups is 1. The number of nitrogens with zero attached hydrogens (tertiary/aromatic N) is 2. The fourth-order valence-electron chi connectivity index (χ4n) is 9.01. The predicted octanol–water partition coefficient (Wildman–Crippen LogP) is 9.31. The molecule has 6 unspecified atom stereocenters. The Balaban J connectivity index is 1.52. The number of aliphatic hydroxyl groups is 2. The van der Waals surface area contributed by atoms with Gasteiger partial charge in [-0.3, -0.25) is 4.90 Å². The Morgan fingerprint density at radius 3 is 2.49 bits per heavy atom. The molecular weight excluding hydrogens is 772 g/mol. The Kier molecular flexibility index (Phi) is 16.3. The Labute approximate surface area is 352 Å². The van der Waals surface area contributed by atoms with Gasteiger partial charge >= 0.3 is 6.09 Å². The second-order valence-electron chi connectivity index (χ2n) is 15.2. The number of aliphatic hydroxyl groups excluding tert-OH is 2. The van der Waals surface area contributed by atoms with Crippen LogP contribution in [0.15, 0.2) is 107 Å². The van der Waals surface area contributed by atoms with E-state index in [0.29, 0.717) is 43.1 Å². The minimum absolute atomic E-state index is 0.0625. The Hall–Kier alpha value is -4.36. The van der Waals surface area contributed by atoms with Crippen LogP contribution in [0.4, 0.5) is 9.18 Å². The number of allylic oxidation sites excluding steroid dienone is 1. The molecular formula is C47H59FN2O8S. The molecule has 1 aliphatic heterocycles. The van der Waals surface area contributed by atoms with Crippen molar-refractivity contribution >= 4 is 23.6 Å². The van der Waals surface area contributed by atoms with Gasteiger partial charge in [0.05, 0.1) is 31.5 Å². The van der Waals surface area contributed by atoms with E-state index < -0.39 is 23.8 Å². The molecule has 1 amide bonds. The molecule has 59 heavy (non-hydrogen) atoms. The third-order valence-corrected chi connectivity index (χ3v) is 12.4. The van der Waals surface area contributed by atoms with Crippen LogP contribution in [0.1, 0.15) is 75.8 Å². The van der Waals surface area contributed by atoms with Gasteiger partial charge < -0.3 is 34.0 Å². The van der Waals surface area contributed by atoms with Gasteiger partial charge in [0.15, 0.2) is 0 Å². The summed E-state index contributed by atoms with van der Waals surface area (Å²) in [5.74, 6) is -0.228. The first-order chi connectivity index (χ1) is 28.9. The van der Waals surface area contributed by atoms with E-state index in [4.69, 9.17) is 28.9 Å². The van der Waals surface area contributed by atoms with Crippen molar-refractivity contribution < 1.29 is 43.2 Å². The zero-order valence-corrected chi connectivity index (χ0v) is 35.1. The van der Waals surface area contributed by atoms with Crippen molar-refractivity contribution in [2.45, 2.75) is 88.0 Å². The molecule has 0 radical (unpaired) electrons. The lowest BCUT2D eigenvalue weighted by molar-refractivity contribution is -0.256. The van der Waals surface area contributed by atoms with Crippen LogP contribution in [0.3, 0.4) is 0 Å². The van der Waals surface area contributed by atoms with Crippen molar-refractivity contribution in [1.29, 1.82) is 0 Å². The summed E-state index contributed by atoms with van der Waals surface area (Å²) in [4.78, 5) is 22.9. The lowest BCUT2D eigenvalue weighted by atomic mass is 9.55. The van der Waals surface area contributed by atoms with Crippen molar-refractivity contribution in [1.82, 2.24) is 4.90 Å².